The van der Waals surface area contributed by atoms with Crippen LogP contribution in [0.1, 0.15) is 48.5 Å². The minimum absolute atomic E-state index is 0.0930. The molecule has 152 valence electrons. The summed E-state index contributed by atoms with van der Waals surface area (Å²) < 4.78 is 42.6. The lowest BCUT2D eigenvalue weighted by Crippen LogP contribution is -2.26. The summed E-state index contributed by atoms with van der Waals surface area (Å²) in [6, 6.07) is 6.33. The predicted molar refractivity (Wildman–Crippen MR) is 99.9 cm³/mol. The van der Waals surface area contributed by atoms with Gasteiger partial charge < -0.3 is 10.4 Å². The van der Waals surface area contributed by atoms with Gasteiger partial charge in [-0.05, 0) is 48.6 Å². The molecule has 0 saturated heterocycles. The Morgan fingerprint density at radius 1 is 1.11 bits per heavy atom. The molecule has 0 aliphatic carbocycles. The second kappa shape index (κ2) is 10.1. The largest absolute Gasteiger partial charge is 0.394 e. The van der Waals surface area contributed by atoms with E-state index in [-0.39, 0.29) is 30.4 Å². The Kier molecular flexibility index (Phi) is 7.83. The fourth-order valence-electron chi connectivity index (χ4n) is 2.86. The minimum atomic E-state index is -1.32. The number of nitrogens with one attached hydrogen (secondary N) is 2. The van der Waals surface area contributed by atoms with Crippen molar-refractivity contribution in [2.24, 2.45) is 0 Å². The van der Waals surface area contributed by atoms with Gasteiger partial charge in [0.2, 0.25) is 0 Å². The molecule has 2 rings (SSSR count). The number of benzene rings is 2. The summed E-state index contributed by atoms with van der Waals surface area (Å²) in [6.45, 7) is 3.50. The van der Waals surface area contributed by atoms with Crippen LogP contribution in [-0.2, 0) is 4.84 Å². The van der Waals surface area contributed by atoms with Crippen LogP contribution in [0, 0.1) is 17.5 Å². The first-order chi connectivity index (χ1) is 13.4. The molecular weight excluding hydrogens is 373 g/mol. The highest BCUT2D eigenvalue weighted by Gasteiger charge is 2.20. The average Bonchev–Trinajstić information content (AvgIpc) is 2.68. The molecule has 3 N–H and O–H groups in total. The van der Waals surface area contributed by atoms with Crippen molar-refractivity contribution in [3.63, 3.8) is 0 Å². The van der Waals surface area contributed by atoms with Gasteiger partial charge in [0.05, 0.1) is 30.2 Å². The molecule has 28 heavy (non-hydrogen) atoms. The van der Waals surface area contributed by atoms with Crippen molar-refractivity contribution < 1.29 is 27.9 Å². The van der Waals surface area contributed by atoms with Crippen molar-refractivity contribution in [3.8, 4) is 0 Å². The Morgan fingerprint density at radius 2 is 1.82 bits per heavy atom. The molecule has 2 aromatic rings. The molecule has 0 saturated carbocycles. The second-order valence-corrected chi connectivity index (χ2v) is 6.16. The minimum Gasteiger partial charge on any atom is -0.394 e. The van der Waals surface area contributed by atoms with Gasteiger partial charge >= 0.3 is 0 Å². The predicted octanol–water partition coefficient (Wildman–Crippen LogP) is 4.40. The summed E-state index contributed by atoms with van der Waals surface area (Å²) in [6.07, 6.45) is 1.69. The summed E-state index contributed by atoms with van der Waals surface area (Å²) >= 11 is 0. The van der Waals surface area contributed by atoms with Crippen LogP contribution >= 0.6 is 0 Å². The summed E-state index contributed by atoms with van der Waals surface area (Å²) in [5.41, 5.74) is 1.93. The van der Waals surface area contributed by atoms with Crippen molar-refractivity contribution in [1.29, 1.82) is 0 Å². The van der Waals surface area contributed by atoms with E-state index in [1.54, 1.807) is 6.07 Å². The van der Waals surface area contributed by atoms with Gasteiger partial charge in [-0.2, -0.15) is 0 Å². The van der Waals surface area contributed by atoms with Crippen LogP contribution in [0.15, 0.2) is 30.3 Å². The van der Waals surface area contributed by atoms with Gasteiger partial charge in [-0.15, -0.1) is 0 Å². The molecule has 0 atom stereocenters. The number of amides is 1. The molecule has 0 radical (unpaired) electrons. The zero-order valence-corrected chi connectivity index (χ0v) is 15.7. The molecular formula is C20H23F3N2O3. The molecule has 0 bridgehead atoms. The first kappa shape index (κ1) is 21.7. The van der Waals surface area contributed by atoms with E-state index in [1.807, 2.05) is 19.3 Å². The maximum atomic E-state index is 14.6. The van der Waals surface area contributed by atoms with Crippen LogP contribution < -0.4 is 10.8 Å². The third kappa shape index (κ3) is 5.02. The van der Waals surface area contributed by atoms with Crippen LogP contribution in [0.25, 0.3) is 0 Å². The van der Waals surface area contributed by atoms with Gasteiger partial charge in [-0.1, -0.05) is 19.9 Å². The van der Waals surface area contributed by atoms with Crippen LogP contribution in [0.5, 0.6) is 0 Å². The van der Waals surface area contributed by atoms with E-state index >= 15 is 0 Å². The number of rotatable bonds is 9. The lowest BCUT2D eigenvalue weighted by Gasteiger charge is -2.17. The quantitative estimate of drug-likeness (QED) is 0.434. The zero-order chi connectivity index (χ0) is 20.7. The zero-order valence-electron chi connectivity index (χ0n) is 15.7. The summed E-state index contributed by atoms with van der Waals surface area (Å²) in [5.74, 6) is -3.83. The molecule has 8 heteroatoms. The van der Waals surface area contributed by atoms with Crippen LogP contribution in [0.3, 0.4) is 0 Å². The molecule has 0 unspecified atom stereocenters. The monoisotopic (exact) mass is 396 g/mol. The maximum absolute atomic E-state index is 14.6. The van der Waals surface area contributed by atoms with E-state index < -0.39 is 29.0 Å². The number of halogens is 3. The SMILES string of the molecule is CCC(CC)c1ccc(Nc2c(C(=O)NOCCO)ccc(F)c2F)c(F)c1. The molecule has 0 aromatic heterocycles. The summed E-state index contributed by atoms with van der Waals surface area (Å²) in [5, 5.41) is 11.1. The third-order valence-corrected chi connectivity index (χ3v) is 4.41. The lowest BCUT2D eigenvalue weighted by molar-refractivity contribution is 0.0168. The van der Waals surface area contributed by atoms with Gasteiger partial charge in [-0.3, -0.25) is 9.63 Å². The first-order valence-corrected chi connectivity index (χ1v) is 9.00. The summed E-state index contributed by atoms with van der Waals surface area (Å²) in [7, 11) is 0. The van der Waals surface area contributed by atoms with E-state index in [0.29, 0.717) is 0 Å². The number of anilines is 2. The van der Waals surface area contributed by atoms with Gasteiger partial charge in [0.1, 0.15) is 5.82 Å². The highest BCUT2D eigenvalue weighted by atomic mass is 19.2. The number of aliphatic hydroxyl groups is 1. The Balaban J connectivity index is 2.35. The average molecular weight is 396 g/mol. The Bertz CT molecular complexity index is 827. The molecule has 5 nitrogen and oxygen atoms in total. The van der Waals surface area contributed by atoms with Crippen LogP contribution in [-0.4, -0.2) is 24.2 Å². The number of hydroxylamine groups is 1. The van der Waals surface area contributed by atoms with Gasteiger partial charge in [-0.25, -0.2) is 18.7 Å². The van der Waals surface area contributed by atoms with E-state index in [4.69, 9.17) is 9.94 Å². The van der Waals surface area contributed by atoms with Crippen LogP contribution in [0.4, 0.5) is 24.5 Å². The van der Waals surface area contributed by atoms with Crippen molar-refractivity contribution in [1.82, 2.24) is 5.48 Å². The van der Waals surface area contributed by atoms with E-state index in [0.717, 1.165) is 30.5 Å². The Hall–Kier alpha value is -2.58. The standard InChI is InChI=1S/C20H23F3N2O3/c1-3-12(4-2)13-5-8-17(16(22)11-13)24-19-14(6-7-15(21)18(19)23)20(27)25-28-10-9-26/h5-8,11-12,24,26H,3-4,9-10H2,1-2H3,(H,25,27). The van der Waals surface area contributed by atoms with Crippen molar-refractivity contribution in [3.05, 3.63) is 58.9 Å². The normalized spacial score (nSPS) is 11.0. The molecule has 0 fully saturated rings. The fourth-order valence-corrected chi connectivity index (χ4v) is 2.86. The summed E-state index contributed by atoms with van der Waals surface area (Å²) in [4.78, 5) is 16.9. The van der Waals surface area contributed by atoms with Crippen molar-refractivity contribution in [2.45, 2.75) is 32.6 Å². The molecule has 1 amide bonds. The molecule has 2 aromatic carbocycles. The number of hydrogen-bond donors (Lipinski definition) is 3. The van der Waals surface area contributed by atoms with E-state index in [9.17, 15) is 18.0 Å². The van der Waals surface area contributed by atoms with Gasteiger partial charge in [0.15, 0.2) is 11.6 Å². The highest BCUT2D eigenvalue weighted by molar-refractivity contribution is 6.00. The highest BCUT2D eigenvalue weighted by Crippen LogP contribution is 2.31. The van der Waals surface area contributed by atoms with Crippen LogP contribution in [0.2, 0.25) is 0 Å². The number of carbonyl (C=O) groups excluding carboxylic acids is 1. The molecule has 0 heterocycles. The number of carbonyl (C=O) groups is 1. The third-order valence-electron chi connectivity index (χ3n) is 4.41. The van der Waals surface area contributed by atoms with Gasteiger partial charge in [0, 0.05) is 0 Å². The lowest BCUT2D eigenvalue weighted by atomic mass is 9.94. The maximum Gasteiger partial charge on any atom is 0.277 e. The fraction of sp³-hybridized carbons (Fsp3) is 0.350. The second-order valence-electron chi connectivity index (χ2n) is 6.16. The van der Waals surface area contributed by atoms with Crippen molar-refractivity contribution in [2.75, 3.05) is 18.5 Å². The Labute approximate surface area is 161 Å². The first-order valence-electron chi connectivity index (χ1n) is 9.00. The smallest absolute Gasteiger partial charge is 0.277 e. The van der Waals surface area contributed by atoms with Crippen molar-refractivity contribution >= 4 is 17.3 Å². The molecule has 0 aliphatic heterocycles. The Morgan fingerprint density at radius 3 is 2.43 bits per heavy atom. The molecule has 0 aliphatic rings. The van der Waals surface area contributed by atoms with E-state index in [1.165, 1.54) is 12.1 Å². The van der Waals surface area contributed by atoms with E-state index in [2.05, 4.69) is 5.32 Å². The van der Waals surface area contributed by atoms with Gasteiger partial charge in [0.25, 0.3) is 5.91 Å². The number of aliphatic hydroxyl groups excluding tert-OH is 1. The topological polar surface area (TPSA) is 70.6 Å². The molecule has 0 spiro atoms. The number of hydrogen-bond acceptors (Lipinski definition) is 4.